The monoisotopic (exact) mass is 344 g/mol. The number of fused-ring (bicyclic) bond motifs is 5. The molecular formula is C18H17ClN2O3. The van der Waals surface area contributed by atoms with Gasteiger partial charge < -0.3 is 5.32 Å². The molecule has 24 heavy (non-hydrogen) atoms. The van der Waals surface area contributed by atoms with E-state index in [0.717, 1.165) is 6.42 Å². The van der Waals surface area contributed by atoms with Crippen molar-refractivity contribution in [1.29, 1.82) is 0 Å². The van der Waals surface area contributed by atoms with E-state index in [2.05, 4.69) is 17.5 Å². The average molecular weight is 345 g/mol. The minimum atomic E-state index is -0.240. The van der Waals surface area contributed by atoms with E-state index in [9.17, 15) is 14.4 Å². The Labute approximate surface area is 144 Å². The molecule has 4 unspecified atom stereocenters. The second-order valence-corrected chi connectivity index (χ2v) is 7.07. The third-order valence-electron chi connectivity index (χ3n) is 5.23. The average Bonchev–Trinajstić information content (AvgIpc) is 3.20. The Bertz CT molecular complexity index is 730. The SMILES string of the molecule is O=C(CCN1C(=O)C2C3C=CC(C3)C2C1=O)Nc1cccc(Cl)c1. The smallest absolute Gasteiger partial charge is 0.233 e. The van der Waals surface area contributed by atoms with Crippen molar-refractivity contribution in [2.75, 3.05) is 11.9 Å². The van der Waals surface area contributed by atoms with Crippen LogP contribution in [0.5, 0.6) is 0 Å². The molecule has 124 valence electrons. The van der Waals surface area contributed by atoms with Crippen molar-refractivity contribution in [3.05, 3.63) is 41.4 Å². The van der Waals surface area contributed by atoms with Crippen LogP contribution in [0.1, 0.15) is 12.8 Å². The van der Waals surface area contributed by atoms with E-state index in [4.69, 9.17) is 11.6 Å². The Morgan fingerprint density at radius 3 is 2.46 bits per heavy atom. The number of amides is 3. The molecule has 1 aliphatic heterocycles. The predicted octanol–water partition coefficient (Wildman–Crippen LogP) is 2.48. The first-order chi connectivity index (χ1) is 11.5. The molecule has 6 heteroatoms. The summed E-state index contributed by atoms with van der Waals surface area (Å²) >= 11 is 5.88. The van der Waals surface area contributed by atoms with Crippen LogP contribution in [0.4, 0.5) is 5.69 Å². The van der Waals surface area contributed by atoms with Gasteiger partial charge in [-0.3, -0.25) is 19.3 Å². The number of allylic oxidation sites excluding steroid dienone is 2. The molecule has 1 aromatic carbocycles. The number of rotatable bonds is 4. The highest BCUT2D eigenvalue weighted by Gasteiger charge is 2.58. The lowest BCUT2D eigenvalue weighted by atomic mass is 9.85. The number of imide groups is 1. The van der Waals surface area contributed by atoms with E-state index in [0.29, 0.717) is 10.7 Å². The van der Waals surface area contributed by atoms with E-state index in [1.54, 1.807) is 24.3 Å². The number of likely N-dealkylation sites (tertiary alicyclic amines) is 1. The van der Waals surface area contributed by atoms with Crippen molar-refractivity contribution in [1.82, 2.24) is 4.90 Å². The molecule has 5 nitrogen and oxygen atoms in total. The van der Waals surface area contributed by atoms with E-state index in [1.807, 2.05) is 0 Å². The Hall–Kier alpha value is -2.14. The van der Waals surface area contributed by atoms with Gasteiger partial charge in [-0.1, -0.05) is 29.8 Å². The van der Waals surface area contributed by atoms with Crippen LogP contribution in [0.15, 0.2) is 36.4 Å². The van der Waals surface area contributed by atoms with Gasteiger partial charge in [0.15, 0.2) is 0 Å². The van der Waals surface area contributed by atoms with Gasteiger partial charge in [0, 0.05) is 23.7 Å². The van der Waals surface area contributed by atoms with Gasteiger partial charge in [-0.05, 0) is 36.5 Å². The summed E-state index contributed by atoms with van der Waals surface area (Å²) in [7, 11) is 0. The zero-order valence-electron chi connectivity index (χ0n) is 12.9. The van der Waals surface area contributed by atoms with Crippen LogP contribution in [0, 0.1) is 23.7 Å². The van der Waals surface area contributed by atoms with Crippen LogP contribution < -0.4 is 5.32 Å². The van der Waals surface area contributed by atoms with Crippen molar-refractivity contribution < 1.29 is 14.4 Å². The first-order valence-corrected chi connectivity index (χ1v) is 8.51. The second kappa shape index (κ2) is 5.74. The maximum atomic E-state index is 12.5. The lowest BCUT2D eigenvalue weighted by molar-refractivity contribution is -0.140. The fourth-order valence-electron chi connectivity index (χ4n) is 4.19. The highest BCUT2D eigenvalue weighted by molar-refractivity contribution is 6.30. The number of anilines is 1. The normalized spacial score (nSPS) is 30.1. The fraction of sp³-hybridized carbons (Fsp3) is 0.389. The zero-order chi connectivity index (χ0) is 16.8. The number of hydrogen-bond acceptors (Lipinski definition) is 3. The molecule has 0 aromatic heterocycles. The summed E-state index contributed by atoms with van der Waals surface area (Å²) in [5.74, 6) is -0.485. The maximum absolute atomic E-state index is 12.5. The second-order valence-electron chi connectivity index (χ2n) is 6.64. The quantitative estimate of drug-likeness (QED) is 0.674. The summed E-state index contributed by atoms with van der Waals surface area (Å²) < 4.78 is 0. The van der Waals surface area contributed by atoms with Gasteiger partial charge in [-0.15, -0.1) is 0 Å². The maximum Gasteiger partial charge on any atom is 0.233 e. The highest BCUT2D eigenvalue weighted by Crippen LogP contribution is 2.52. The van der Waals surface area contributed by atoms with Crippen LogP contribution in [0.3, 0.4) is 0 Å². The molecule has 3 amide bonds. The molecule has 2 bridgehead atoms. The van der Waals surface area contributed by atoms with E-state index in [-0.39, 0.29) is 54.4 Å². The number of carbonyl (C=O) groups excluding carboxylic acids is 3. The fourth-order valence-corrected chi connectivity index (χ4v) is 4.38. The molecule has 2 aliphatic carbocycles. The van der Waals surface area contributed by atoms with Gasteiger partial charge in [0.2, 0.25) is 17.7 Å². The lowest BCUT2D eigenvalue weighted by Crippen LogP contribution is -2.35. The number of hydrogen-bond donors (Lipinski definition) is 1. The molecule has 1 N–H and O–H groups in total. The van der Waals surface area contributed by atoms with Crippen molar-refractivity contribution in [2.24, 2.45) is 23.7 Å². The number of benzene rings is 1. The Morgan fingerprint density at radius 2 is 1.83 bits per heavy atom. The van der Waals surface area contributed by atoms with E-state index >= 15 is 0 Å². The van der Waals surface area contributed by atoms with Gasteiger partial charge in [0.05, 0.1) is 11.8 Å². The van der Waals surface area contributed by atoms with Crippen LogP contribution in [0.25, 0.3) is 0 Å². The lowest BCUT2D eigenvalue weighted by Gasteiger charge is -2.16. The molecule has 3 aliphatic rings. The van der Waals surface area contributed by atoms with Crippen LogP contribution in [0.2, 0.25) is 5.02 Å². The summed E-state index contributed by atoms with van der Waals surface area (Å²) in [6.07, 6.45) is 5.13. The van der Waals surface area contributed by atoms with Crippen molar-refractivity contribution in [2.45, 2.75) is 12.8 Å². The van der Waals surface area contributed by atoms with Gasteiger partial charge in [0.25, 0.3) is 0 Å². The molecule has 1 heterocycles. The molecule has 0 radical (unpaired) electrons. The van der Waals surface area contributed by atoms with Crippen LogP contribution in [-0.2, 0) is 14.4 Å². The first kappa shape index (κ1) is 15.4. The van der Waals surface area contributed by atoms with Crippen LogP contribution >= 0.6 is 11.6 Å². The topological polar surface area (TPSA) is 66.5 Å². The number of carbonyl (C=O) groups is 3. The van der Waals surface area contributed by atoms with E-state index < -0.39 is 0 Å². The summed E-state index contributed by atoms with van der Waals surface area (Å²) in [6, 6.07) is 6.86. The summed E-state index contributed by atoms with van der Waals surface area (Å²) in [5.41, 5.74) is 0.602. The van der Waals surface area contributed by atoms with Crippen molar-refractivity contribution in [3.63, 3.8) is 0 Å². The van der Waals surface area contributed by atoms with Crippen molar-refractivity contribution in [3.8, 4) is 0 Å². The Balaban J connectivity index is 1.37. The first-order valence-electron chi connectivity index (χ1n) is 8.13. The standard InChI is InChI=1S/C18H17ClN2O3/c19-12-2-1-3-13(9-12)20-14(22)6-7-21-17(23)15-10-4-5-11(8-10)16(15)18(21)24/h1-5,9-11,15-16H,6-8H2,(H,20,22). The molecule has 0 spiro atoms. The van der Waals surface area contributed by atoms with Gasteiger partial charge in [-0.2, -0.15) is 0 Å². The largest absolute Gasteiger partial charge is 0.326 e. The van der Waals surface area contributed by atoms with E-state index in [1.165, 1.54) is 4.90 Å². The zero-order valence-corrected chi connectivity index (χ0v) is 13.7. The summed E-state index contributed by atoms with van der Waals surface area (Å²) in [6.45, 7) is 0.135. The third kappa shape index (κ3) is 2.44. The number of halogens is 1. The Morgan fingerprint density at radius 1 is 1.17 bits per heavy atom. The van der Waals surface area contributed by atoms with Gasteiger partial charge >= 0.3 is 0 Å². The molecule has 4 rings (SSSR count). The van der Waals surface area contributed by atoms with Crippen molar-refractivity contribution >= 4 is 35.0 Å². The molecule has 1 saturated heterocycles. The Kier molecular flexibility index (Phi) is 3.68. The number of nitrogens with one attached hydrogen (secondary N) is 1. The molecule has 1 aromatic rings. The third-order valence-corrected chi connectivity index (χ3v) is 5.47. The van der Waals surface area contributed by atoms with Gasteiger partial charge in [-0.25, -0.2) is 0 Å². The molecule has 1 saturated carbocycles. The highest BCUT2D eigenvalue weighted by atomic mass is 35.5. The summed E-state index contributed by atoms with van der Waals surface area (Å²) in [5, 5.41) is 3.27. The summed E-state index contributed by atoms with van der Waals surface area (Å²) in [4.78, 5) is 38.4. The van der Waals surface area contributed by atoms with Gasteiger partial charge in [0.1, 0.15) is 0 Å². The van der Waals surface area contributed by atoms with Crippen LogP contribution in [-0.4, -0.2) is 29.2 Å². The molecular weight excluding hydrogens is 328 g/mol. The molecule has 4 atom stereocenters. The molecule has 2 fully saturated rings. The number of nitrogens with zero attached hydrogens (tertiary/aromatic N) is 1. The minimum absolute atomic E-state index is 0.0895. The predicted molar refractivity (Wildman–Crippen MR) is 89.1 cm³/mol. The minimum Gasteiger partial charge on any atom is -0.326 e.